The molecule has 2 heteroatoms. The second kappa shape index (κ2) is 5.22. The molecule has 0 spiro atoms. The van der Waals surface area contributed by atoms with E-state index in [-0.39, 0.29) is 39.2 Å². The van der Waals surface area contributed by atoms with Gasteiger partial charge < -0.3 is 4.90 Å². The Kier molecular flexibility index (Phi) is 9.94. The minimum Gasteiger partial charge on any atom is 0 e. The van der Waals surface area contributed by atoms with Gasteiger partial charge in [-0.25, -0.2) is 0 Å². The van der Waals surface area contributed by atoms with Crippen LogP contribution >= 0.6 is 0 Å². The maximum atomic E-state index is 2.00. The summed E-state index contributed by atoms with van der Waals surface area (Å²) in [6.45, 7) is 0. The second-order valence-electron chi connectivity index (χ2n) is 1.34. The van der Waals surface area contributed by atoms with Crippen LogP contribution in [-0.4, -0.2) is 63.8 Å². The van der Waals surface area contributed by atoms with Crippen LogP contribution < -0.4 is 0 Å². The molecule has 0 saturated carbocycles. The Morgan fingerprint density at radius 1 is 1.20 bits per heavy atom. The largest absolute Gasteiger partial charge is 0 e. The van der Waals surface area contributed by atoms with Gasteiger partial charge in [-0.05, 0) is 21.1 Å². The van der Waals surface area contributed by atoms with E-state index in [1.165, 1.54) is 0 Å². The van der Waals surface area contributed by atoms with Crippen molar-refractivity contribution < 1.29 is 1.43 Å². The number of hydrogen-bond acceptors (Lipinski definition) is 1. The van der Waals surface area contributed by atoms with Gasteiger partial charge in [-0.2, -0.15) is 0 Å². The van der Waals surface area contributed by atoms with Gasteiger partial charge in [-0.1, -0.05) is 0 Å². The Balaban J connectivity index is -0.0000000450. The van der Waals surface area contributed by atoms with Crippen molar-refractivity contribution in [1.29, 1.82) is 0 Å². The molecule has 0 heterocycles. The van der Waals surface area contributed by atoms with Crippen molar-refractivity contribution in [2.75, 3.05) is 21.1 Å². The van der Waals surface area contributed by atoms with E-state index in [2.05, 4.69) is 0 Å². The van der Waals surface area contributed by atoms with Gasteiger partial charge in [-0.15, -0.1) is 0 Å². The van der Waals surface area contributed by atoms with Crippen molar-refractivity contribution in [1.82, 2.24) is 4.90 Å². The first-order chi connectivity index (χ1) is 1.73. The fraction of sp³-hybridized carbons (Fsp3) is 1.00. The molecule has 5 heavy (non-hydrogen) atoms. The Morgan fingerprint density at radius 3 is 1.20 bits per heavy atom. The van der Waals surface area contributed by atoms with Crippen LogP contribution in [0, 0.1) is 0 Å². The topological polar surface area (TPSA) is 3.24 Å². The summed E-state index contributed by atoms with van der Waals surface area (Å²) >= 11 is 0. The van der Waals surface area contributed by atoms with Crippen molar-refractivity contribution in [2.45, 2.75) is 0 Å². The molecule has 32 valence electrons. The van der Waals surface area contributed by atoms with Gasteiger partial charge in [0, 0.05) is 1.43 Å². The zero-order chi connectivity index (χ0) is 3.58. The van der Waals surface area contributed by atoms with Crippen LogP contribution in [0.2, 0.25) is 0 Å². The predicted molar refractivity (Wildman–Crippen MR) is 30.3 cm³/mol. The Bertz CT molecular complexity index is 15.5. The SMILES string of the molecule is CN(C)C.[CaH2].[HH]. The first kappa shape index (κ1) is 9.52. The molecule has 0 fully saturated rings. The van der Waals surface area contributed by atoms with Gasteiger partial charge in [0.25, 0.3) is 0 Å². The first-order valence-electron chi connectivity index (χ1n) is 1.34. The molecule has 0 bridgehead atoms. The molecular weight excluding hydrogens is 90.1 g/mol. The summed E-state index contributed by atoms with van der Waals surface area (Å²) in [6, 6.07) is 0. The summed E-state index contributed by atoms with van der Waals surface area (Å²) in [5.41, 5.74) is 0. The van der Waals surface area contributed by atoms with Gasteiger partial charge in [0.2, 0.25) is 0 Å². The van der Waals surface area contributed by atoms with Gasteiger partial charge in [0.05, 0.1) is 0 Å². The molecule has 0 rings (SSSR count). The molecule has 0 saturated heterocycles. The summed E-state index contributed by atoms with van der Waals surface area (Å²) in [7, 11) is 6.00. The summed E-state index contributed by atoms with van der Waals surface area (Å²) < 4.78 is 0. The normalized spacial score (nSPS) is 7.20. The van der Waals surface area contributed by atoms with Crippen molar-refractivity contribution in [3.8, 4) is 0 Å². The van der Waals surface area contributed by atoms with E-state index in [4.69, 9.17) is 0 Å². The van der Waals surface area contributed by atoms with E-state index in [0.717, 1.165) is 0 Å². The smallest absolute Gasteiger partial charge is 0 e. The van der Waals surface area contributed by atoms with E-state index in [1.54, 1.807) is 0 Å². The van der Waals surface area contributed by atoms with E-state index in [1.807, 2.05) is 26.0 Å². The van der Waals surface area contributed by atoms with Gasteiger partial charge in [0.1, 0.15) is 0 Å². The van der Waals surface area contributed by atoms with Crippen LogP contribution in [0.3, 0.4) is 0 Å². The van der Waals surface area contributed by atoms with Crippen LogP contribution in [0.15, 0.2) is 0 Å². The number of nitrogens with zero attached hydrogens (tertiary/aromatic N) is 1. The molecule has 0 amide bonds. The van der Waals surface area contributed by atoms with Crippen molar-refractivity contribution in [3.63, 3.8) is 0 Å². The predicted octanol–water partition coefficient (Wildman–Crippen LogP) is -0.492. The number of hydrogen-bond donors (Lipinski definition) is 0. The monoisotopic (exact) mass is 103 g/mol. The van der Waals surface area contributed by atoms with Gasteiger partial charge in [0.15, 0.2) is 0 Å². The van der Waals surface area contributed by atoms with Crippen LogP contribution in [0.1, 0.15) is 1.43 Å². The molecule has 1 nitrogen and oxygen atoms in total. The maximum absolute atomic E-state index is 2.00. The Labute approximate surface area is 64.8 Å². The molecule has 0 atom stereocenters. The van der Waals surface area contributed by atoms with Crippen LogP contribution in [-0.2, 0) is 0 Å². The summed E-state index contributed by atoms with van der Waals surface area (Å²) in [5, 5.41) is 0. The van der Waals surface area contributed by atoms with Gasteiger partial charge in [-0.3, -0.25) is 0 Å². The van der Waals surface area contributed by atoms with E-state index in [9.17, 15) is 0 Å². The van der Waals surface area contributed by atoms with E-state index >= 15 is 0 Å². The quantitative estimate of drug-likeness (QED) is 0.374. The number of rotatable bonds is 0. The third kappa shape index (κ3) is 36.4. The molecule has 0 aromatic heterocycles. The zero-order valence-corrected chi connectivity index (χ0v) is 3.45. The van der Waals surface area contributed by atoms with E-state index in [0.29, 0.717) is 0 Å². The van der Waals surface area contributed by atoms with E-state index < -0.39 is 0 Å². The Morgan fingerprint density at radius 2 is 1.20 bits per heavy atom. The summed E-state index contributed by atoms with van der Waals surface area (Å²) in [4.78, 5) is 2.00. The molecule has 0 aliphatic heterocycles. The van der Waals surface area contributed by atoms with Crippen LogP contribution in [0.25, 0.3) is 0 Å². The third-order valence-electron chi connectivity index (χ3n) is 0. The molecule has 0 unspecified atom stereocenters. The maximum Gasteiger partial charge on any atom is 0 e. The molecule has 0 N–H and O–H groups in total. The third-order valence-corrected chi connectivity index (χ3v) is 0. The minimum absolute atomic E-state index is 0. The minimum atomic E-state index is 0. The average molecular weight is 103 g/mol. The summed E-state index contributed by atoms with van der Waals surface area (Å²) in [6.07, 6.45) is 0. The first-order valence-corrected chi connectivity index (χ1v) is 1.34. The molecular formula is C3H13CaN. The zero-order valence-electron chi connectivity index (χ0n) is 3.45. The second-order valence-corrected chi connectivity index (χ2v) is 1.34. The van der Waals surface area contributed by atoms with Crippen molar-refractivity contribution in [3.05, 3.63) is 0 Å². The molecule has 0 aliphatic rings. The molecule has 0 aromatic rings. The fourth-order valence-electron chi connectivity index (χ4n) is 0. The van der Waals surface area contributed by atoms with Crippen LogP contribution in [0.4, 0.5) is 0 Å². The fourth-order valence-corrected chi connectivity index (χ4v) is 0. The van der Waals surface area contributed by atoms with Gasteiger partial charge >= 0.3 is 37.7 Å². The van der Waals surface area contributed by atoms with Crippen molar-refractivity contribution in [2.24, 2.45) is 0 Å². The standard InChI is InChI=1S/C3H9N.Ca.H2.2H/c1-4(2)3;;;;/h1-3H3;;1H;;. The molecule has 0 aromatic carbocycles. The summed E-state index contributed by atoms with van der Waals surface area (Å²) in [5.74, 6) is 0. The average Bonchev–Trinajstić information content (AvgIpc) is 0.811. The Hall–Kier alpha value is 1.22. The molecule has 0 aliphatic carbocycles. The molecule has 0 radical (unpaired) electrons. The van der Waals surface area contributed by atoms with Crippen LogP contribution in [0.5, 0.6) is 0 Å². The van der Waals surface area contributed by atoms with Crippen molar-refractivity contribution >= 4 is 37.7 Å².